The Morgan fingerprint density at radius 1 is 1.22 bits per heavy atom. The van der Waals surface area contributed by atoms with Crippen molar-refractivity contribution in [1.29, 1.82) is 0 Å². The number of rotatable bonds is 2. The van der Waals surface area contributed by atoms with Crippen LogP contribution < -0.4 is 0 Å². The normalized spacial score (nSPS) is 23.7. The third-order valence-corrected chi connectivity index (χ3v) is 4.05. The molecule has 3 nitrogen and oxygen atoms in total. The highest BCUT2D eigenvalue weighted by atomic mass is 16.5. The van der Waals surface area contributed by atoms with Crippen LogP contribution in [0.4, 0.5) is 0 Å². The molecule has 0 aliphatic carbocycles. The molecule has 94 valence electrons. The number of nitrogens with zero attached hydrogens (tertiary/aromatic N) is 1. The molecule has 3 aliphatic heterocycles. The first-order valence-electron chi connectivity index (χ1n) is 6.37. The molecule has 0 aromatic heterocycles. The molecule has 3 aliphatic rings. The third kappa shape index (κ3) is 1.66. The minimum Gasteiger partial charge on any atom is -0.370 e. The Hall–Kier alpha value is -1.61. The lowest BCUT2D eigenvalue weighted by Crippen LogP contribution is -2.58. The summed E-state index contributed by atoms with van der Waals surface area (Å²) in [7, 11) is 1.65. The van der Waals surface area contributed by atoms with Gasteiger partial charge in [-0.15, -0.1) is 0 Å². The molecule has 18 heavy (non-hydrogen) atoms. The number of hydrogen-bond donors (Lipinski definition) is 0. The first-order chi connectivity index (χ1) is 8.75. The van der Waals surface area contributed by atoms with Crippen LogP contribution in [-0.4, -0.2) is 36.5 Å². The zero-order valence-corrected chi connectivity index (χ0v) is 10.6. The van der Waals surface area contributed by atoms with Crippen LogP contribution in [0.1, 0.15) is 18.4 Å². The van der Waals surface area contributed by atoms with E-state index in [1.165, 1.54) is 0 Å². The van der Waals surface area contributed by atoms with E-state index >= 15 is 0 Å². The fraction of sp³-hybridized carbons (Fsp3) is 0.400. The molecule has 3 fully saturated rings. The Balaban J connectivity index is 1.98. The second-order valence-corrected chi connectivity index (χ2v) is 4.95. The van der Waals surface area contributed by atoms with E-state index in [0.717, 1.165) is 37.2 Å². The number of Topliss-reactive ketones (excluding diaryl/α,β-unsaturated/α-hetero) is 1. The average molecular weight is 243 g/mol. The monoisotopic (exact) mass is 243 g/mol. The highest BCUT2D eigenvalue weighted by Crippen LogP contribution is 2.38. The SMILES string of the molecule is COC12CCN(CC1)C(=Cc1ccccc1)C2=O. The first kappa shape index (κ1) is 11.5. The van der Waals surface area contributed by atoms with Crippen molar-refractivity contribution in [3.63, 3.8) is 0 Å². The summed E-state index contributed by atoms with van der Waals surface area (Å²) in [6.07, 6.45) is 3.61. The van der Waals surface area contributed by atoms with Gasteiger partial charge in [0.15, 0.2) is 0 Å². The molecule has 0 spiro atoms. The second kappa shape index (κ2) is 4.25. The largest absolute Gasteiger partial charge is 0.370 e. The van der Waals surface area contributed by atoms with Crippen LogP contribution >= 0.6 is 0 Å². The Morgan fingerprint density at radius 3 is 2.50 bits per heavy atom. The molecule has 3 saturated heterocycles. The van der Waals surface area contributed by atoms with Crippen molar-refractivity contribution in [2.24, 2.45) is 0 Å². The van der Waals surface area contributed by atoms with Crippen LogP contribution in [0.5, 0.6) is 0 Å². The van der Waals surface area contributed by atoms with Gasteiger partial charge in [-0.25, -0.2) is 0 Å². The second-order valence-electron chi connectivity index (χ2n) is 4.95. The third-order valence-electron chi connectivity index (χ3n) is 4.05. The molecule has 0 saturated carbocycles. The van der Waals surface area contributed by atoms with Crippen LogP contribution in [0.15, 0.2) is 36.0 Å². The van der Waals surface area contributed by atoms with Gasteiger partial charge >= 0.3 is 0 Å². The number of ketones is 1. The molecule has 0 amide bonds. The van der Waals surface area contributed by atoms with Gasteiger partial charge in [-0.05, 0) is 11.6 Å². The maximum atomic E-state index is 12.5. The van der Waals surface area contributed by atoms with Crippen molar-refractivity contribution in [1.82, 2.24) is 4.90 Å². The van der Waals surface area contributed by atoms with Gasteiger partial charge in [0, 0.05) is 33.0 Å². The van der Waals surface area contributed by atoms with Gasteiger partial charge in [-0.3, -0.25) is 4.79 Å². The van der Waals surface area contributed by atoms with Gasteiger partial charge in [-0.2, -0.15) is 0 Å². The van der Waals surface area contributed by atoms with Crippen LogP contribution in [0, 0.1) is 0 Å². The lowest BCUT2D eigenvalue weighted by Gasteiger charge is -2.48. The van der Waals surface area contributed by atoms with Gasteiger partial charge in [0.1, 0.15) is 5.60 Å². The van der Waals surface area contributed by atoms with E-state index in [1.807, 2.05) is 36.4 Å². The predicted molar refractivity (Wildman–Crippen MR) is 70.0 cm³/mol. The Morgan fingerprint density at radius 2 is 1.89 bits per heavy atom. The van der Waals surface area contributed by atoms with Crippen LogP contribution in [0.2, 0.25) is 0 Å². The molecule has 3 heterocycles. The topological polar surface area (TPSA) is 29.5 Å². The molecule has 1 aromatic carbocycles. The van der Waals surface area contributed by atoms with E-state index in [1.54, 1.807) is 7.11 Å². The van der Waals surface area contributed by atoms with E-state index in [0.29, 0.717) is 0 Å². The Labute approximate surface area is 107 Å². The van der Waals surface area contributed by atoms with Gasteiger partial charge in [-0.1, -0.05) is 30.3 Å². The fourth-order valence-electron chi connectivity index (χ4n) is 2.87. The number of piperidine rings is 3. The fourth-order valence-corrected chi connectivity index (χ4v) is 2.87. The highest BCUT2D eigenvalue weighted by molar-refractivity contribution is 6.06. The molecule has 4 rings (SSSR count). The zero-order valence-electron chi connectivity index (χ0n) is 10.6. The molecule has 2 bridgehead atoms. The van der Waals surface area contributed by atoms with Crippen molar-refractivity contribution in [3.05, 3.63) is 41.6 Å². The lowest BCUT2D eigenvalue weighted by atomic mass is 9.79. The zero-order chi connectivity index (χ0) is 12.6. The minimum atomic E-state index is -0.560. The van der Waals surface area contributed by atoms with Crippen molar-refractivity contribution in [2.75, 3.05) is 20.2 Å². The van der Waals surface area contributed by atoms with E-state index in [-0.39, 0.29) is 5.78 Å². The van der Waals surface area contributed by atoms with Crippen LogP contribution in [0.3, 0.4) is 0 Å². The standard InChI is InChI=1S/C15H17NO2/c1-18-15-7-9-16(10-8-15)13(14(15)17)11-12-5-3-2-4-6-12/h2-6,11H,7-10H2,1H3. The van der Waals surface area contributed by atoms with Gasteiger partial charge in [0.25, 0.3) is 0 Å². The smallest absolute Gasteiger partial charge is 0.210 e. The molecular weight excluding hydrogens is 226 g/mol. The predicted octanol–water partition coefficient (Wildman–Crippen LogP) is 2.09. The Kier molecular flexibility index (Phi) is 2.71. The number of carbonyl (C=O) groups excluding carboxylic acids is 1. The van der Waals surface area contributed by atoms with E-state index in [2.05, 4.69) is 4.90 Å². The summed E-state index contributed by atoms with van der Waals surface area (Å²) in [5, 5.41) is 0. The number of hydrogen-bond acceptors (Lipinski definition) is 3. The lowest BCUT2D eigenvalue weighted by molar-refractivity contribution is -0.151. The van der Waals surface area contributed by atoms with Crippen LogP contribution in [0.25, 0.3) is 6.08 Å². The molecule has 0 N–H and O–H groups in total. The quantitative estimate of drug-likeness (QED) is 0.745. The maximum absolute atomic E-state index is 12.5. The number of benzene rings is 1. The summed E-state index contributed by atoms with van der Waals surface area (Å²) in [5.74, 6) is 0.145. The molecular formula is C15H17NO2. The van der Waals surface area contributed by atoms with Crippen molar-refractivity contribution in [2.45, 2.75) is 18.4 Å². The van der Waals surface area contributed by atoms with E-state index in [9.17, 15) is 4.79 Å². The number of methoxy groups -OCH3 is 1. The van der Waals surface area contributed by atoms with E-state index < -0.39 is 5.60 Å². The van der Waals surface area contributed by atoms with Gasteiger partial charge in [0.2, 0.25) is 5.78 Å². The van der Waals surface area contributed by atoms with Crippen molar-refractivity contribution < 1.29 is 9.53 Å². The molecule has 0 radical (unpaired) electrons. The van der Waals surface area contributed by atoms with Crippen molar-refractivity contribution in [3.8, 4) is 0 Å². The summed E-state index contributed by atoms with van der Waals surface area (Å²) >= 11 is 0. The molecule has 1 aromatic rings. The summed E-state index contributed by atoms with van der Waals surface area (Å²) in [4.78, 5) is 14.7. The number of carbonyl (C=O) groups is 1. The first-order valence-corrected chi connectivity index (χ1v) is 6.37. The summed E-state index contributed by atoms with van der Waals surface area (Å²) in [6, 6.07) is 9.98. The molecule has 3 heteroatoms. The number of fused-ring (bicyclic) bond motifs is 3. The Bertz CT molecular complexity index is 484. The van der Waals surface area contributed by atoms with E-state index in [4.69, 9.17) is 4.74 Å². The van der Waals surface area contributed by atoms with Crippen molar-refractivity contribution >= 4 is 11.9 Å². The molecule has 0 atom stereocenters. The minimum absolute atomic E-state index is 0.145. The molecule has 0 unspecified atom stereocenters. The van der Waals surface area contributed by atoms with Crippen LogP contribution in [-0.2, 0) is 9.53 Å². The number of ether oxygens (including phenoxy) is 1. The highest BCUT2D eigenvalue weighted by Gasteiger charge is 2.49. The summed E-state index contributed by atoms with van der Waals surface area (Å²) in [6.45, 7) is 1.83. The summed E-state index contributed by atoms with van der Waals surface area (Å²) in [5.41, 5.74) is 1.32. The average Bonchev–Trinajstić information content (AvgIpc) is 2.44. The van der Waals surface area contributed by atoms with Gasteiger partial charge in [0.05, 0.1) is 5.70 Å². The van der Waals surface area contributed by atoms with Gasteiger partial charge < -0.3 is 9.64 Å². The summed E-state index contributed by atoms with van der Waals surface area (Å²) < 4.78 is 5.53. The maximum Gasteiger partial charge on any atom is 0.210 e.